The largest absolute Gasteiger partial charge is 0.481 e. The quantitative estimate of drug-likeness (QED) is 0.675. The van der Waals surface area contributed by atoms with Crippen molar-refractivity contribution in [3.05, 3.63) is 23.7 Å². The number of carboxylic acids is 3. The van der Waals surface area contributed by atoms with E-state index in [9.17, 15) is 14.4 Å². The van der Waals surface area contributed by atoms with E-state index in [2.05, 4.69) is 0 Å². The first-order chi connectivity index (χ1) is 8.40. The van der Waals surface area contributed by atoms with Gasteiger partial charge >= 0.3 is 17.9 Å². The summed E-state index contributed by atoms with van der Waals surface area (Å²) in [6.07, 6.45) is -0.507. The number of hydrogen-bond donors (Lipinski definition) is 3. The molecular formula is C10H10O7S. The molecule has 0 aromatic carbocycles. The molecule has 1 rings (SSSR count). The molecule has 3 N–H and O–H groups in total. The first-order valence-electron chi connectivity index (χ1n) is 4.78. The fourth-order valence-electron chi connectivity index (χ4n) is 1.13. The highest BCUT2D eigenvalue weighted by Gasteiger charge is 2.22. The Morgan fingerprint density at radius 3 is 2.33 bits per heavy atom. The van der Waals surface area contributed by atoms with Crippen molar-refractivity contribution in [2.75, 3.05) is 0 Å². The molecule has 1 atom stereocenters. The van der Waals surface area contributed by atoms with Crippen LogP contribution in [0.1, 0.15) is 22.7 Å². The highest BCUT2D eigenvalue weighted by molar-refractivity contribution is 7.99. The van der Waals surface area contributed by atoms with Gasteiger partial charge in [0.05, 0.1) is 12.2 Å². The molecule has 98 valence electrons. The Balaban J connectivity index is 2.58. The molecule has 0 unspecified atom stereocenters. The summed E-state index contributed by atoms with van der Waals surface area (Å²) in [6.45, 7) is 0. The maximum atomic E-state index is 10.8. The molecule has 0 saturated carbocycles. The highest BCUT2D eigenvalue weighted by Crippen LogP contribution is 2.22. The number of aliphatic carboxylic acids is 2. The van der Waals surface area contributed by atoms with Gasteiger partial charge in [0.25, 0.3) is 0 Å². The van der Waals surface area contributed by atoms with Gasteiger partial charge in [-0.2, -0.15) is 0 Å². The molecule has 18 heavy (non-hydrogen) atoms. The standard InChI is InChI=1S/C10H10O7S/c11-8(12)3-7(10(15)16)18-4-5-1-2-6(17-5)9(13)14/h1-2,7H,3-4H2,(H,11,12)(H,13,14)(H,15,16)/t7-/m0/s1. The number of carboxylic acid groups (broad SMARTS) is 3. The van der Waals surface area contributed by atoms with Gasteiger partial charge in [-0.15, -0.1) is 11.8 Å². The monoisotopic (exact) mass is 274 g/mol. The van der Waals surface area contributed by atoms with Gasteiger partial charge in [-0.3, -0.25) is 9.59 Å². The normalized spacial score (nSPS) is 12.0. The van der Waals surface area contributed by atoms with E-state index in [0.29, 0.717) is 0 Å². The van der Waals surface area contributed by atoms with Crippen LogP contribution in [-0.2, 0) is 15.3 Å². The summed E-state index contributed by atoms with van der Waals surface area (Å²) in [5, 5.41) is 24.8. The second-order valence-electron chi connectivity index (χ2n) is 3.31. The molecule has 1 heterocycles. The Kier molecular flexibility index (Phi) is 4.78. The summed E-state index contributed by atoms with van der Waals surface area (Å²) in [5.41, 5.74) is 0. The zero-order chi connectivity index (χ0) is 13.7. The van der Waals surface area contributed by atoms with Gasteiger partial charge in [0, 0.05) is 0 Å². The first kappa shape index (κ1) is 14.1. The van der Waals surface area contributed by atoms with Gasteiger partial charge < -0.3 is 19.7 Å². The maximum absolute atomic E-state index is 10.8. The predicted molar refractivity (Wildman–Crippen MR) is 60.6 cm³/mol. The van der Waals surface area contributed by atoms with E-state index in [-0.39, 0.29) is 17.3 Å². The van der Waals surface area contributed by atoms with Gasteiger partial charge in [0.2, 0.25) is 5.76 Å². The molecule has 0 aliphatic rings. The minimum atomic E-state index is -1.23. The first-order valence-corrected chi connectivity index (χ1v) is 5.83. The third-order valence-corrected chi connectivity index (χ3v) is 3.16. The SMILES string of the molecule is O=C(O)C[C@H](SCc1ccc(C(=O)O)o1)C(=O)O. The average Bonchev–Trinajstić information content (AvgIpc) is 2.72. The lowest BCUT2D eigenvalue weighted by Gasteiger charge is -2.07. The van der Waals surface area contributed by atoms with E-state index in [4.69, 9.17) is 19.7 Å². The number of carbonyl (C=O) groups is 3. The van der Waals surface area contributed by atoms with Gasteiger partial charge in [0.1, 0.15) is 11.0 Å². The van der Waals surface area contributed by atoms with Crippen molar-refractivity contribution < 1.29 is 34.1 Å². The lowest BCUT2D eigenvalue weighted by Crippen LogP contribution is -2.20. The lowest BCUT2D eigenvalue weighted by molar-refractivity contribution is -0.142. The Hall–Kier alpha value is -1.96. The molecule has 0 fully saturated rings. The Labute approximate surface area is 105 Å². The van der Waals surface area contributed by atoms with Crippen molar-refractivity contribution in [2.45, 2.75) is 17.4 Å². The van der Waals surface area contributed by atoms with Crippen molar-refractivity contribution in [2.24, 2.45) is 0 Å². The predicted octanol–water partition coefficient (Wildman–Crippen LogP) is 1.14. The molecular weight excluding hydrogens is 264 g/mol. The number of aromatic carboxylic acids is 1. The van der Waals surface area contributed by atoms with E-state index in [1.54, 1.807) is 0 Å². The Bertz CT molecular complexity index is 465. The summed E-state index contributed by atoms with van der Waals surface area (Å²) in [7, 11) is 0. The van der Waals surface area contributed by atoms with Crippen molar-refractivity contribution in [1.82, 2.24) is 0 Å². The second-order valence-corrected chi connectivity index (χ2v) is 4.50. The van der Waals surface area contributed by atoms with Crippen LogP contribution in [0.25, 0.3) is 0 Å². The van der Waals surface area contributed by atoms with E-state index in [1.165, 1.54) is 12.1 Å². The Morgan fingerprint density at radius 1 is 1.22 bits per heavy atom. The van der Waals surface area contributed by atoms with E-state index < -0.39 is 29.6 Å². The third kappa shape index (κ3) is 4.13. The van der Waals surface area contributed by atoms with Crippen LogP contribution in [0.4, 0.5) is 0 Å². The van der Waals surface area contributed by atoms with Crippen LogP contribution in [-0.4, -0.2) is 38.5 Å². The van der Waals surface area contributed by atoms with Gasteiger partial charge in [-0.05, 0) is 12.1 Å². The third-order valence-electron chi connectivity index (χ3n) is 1.93. The topological polar surface area (TPSA) is 125 Å². The second kappa shape index (κ2) is 6.10. The van der Waals surface area contributed by atoms with Crippen LogP contribution < -0.4 is 0 Å². The molecule has 0 aliphatic heterocycles. The highest BCUT2D eigenvalue weighted by atomic mass is 32.2. The van der Waals surface area contributed by atoms with Crippen molar-refractivity contribution in [3.63, 3.8) is 0 Å². The van der Waals surface area contributed by atoms with Crippen LogP contribution >= 0.6 is 11.8 Å². The van der Waals surface area contributed by atoms with Crippen LogP contribution in [0.2, 0.25) is 0 Å². The van der Waals surface area contributed by atoms with Crippen molar-refractivity contribution >= 4 is 29.7 Å². The minimum absolute atomic E-state index is 0.0948. The fourth-order valence-corrected chi connectivity index (χ4v) is 2.05. The van der Waals surface area contributed by atoms with E-state index in [0.717, 1.165) is 11.8 Å². The van der Waals surface area contributed by atoms with Crippen molar-refractivity contribution in [3.8, 4) is 0 Å². The van der Waals surface area contributed by atoms with E-state index in [1.807, 2.05) is 0 Å². The zero-order valence-corrected chi connectivity index (χ0v) is 9.85. The molecule has 0 radical (unpaired) electrons. The summed E-state index contributed by atoms with van der Waals surface area (Å²) >= 11 is 0.869. The van der Waals surface area contributed by atoms with Gasteiger partial charge in [-0.1, -0.05) is 0 Å². The average molecular weight is 274 g/mol. The maximum Gasteiger partial charge on any atom is 0.371 e. The molecule has 7 nitrogen and oxygen atoms in total. The molecule has 0 amide bonds. The Morgan fingerprint density at radius 2 is 1.89 bits per heavy atom. The zero-order valence-electron chi connectivity index (χ0n) is 9.03. The van der Waals surface area contributed by atoms with Crippen LogP contribution in [0.5, 0.6) is 0 Å². The molecule has 1 aromatic rings. The van der Waals surface area contributed by atoms with E-state index >= 15 is 0 Å². The number of furan rings is 1. The summed E-state index contributed by atoms with van der Waals surface area (Å²) in [6, 6.07) is 2.67. The van der Waals surface area contributed by atoms with Crippen LogP contribution in [0.3, 0.4) is 0 Å². The number of hydrogen-bond acceptors (Lipinski definition) is 5. The molecule has 0 aliphatic carbocycles. The molecule has 8 heteroatoms. The van der Waals surface area contributed by atoms with Crippen molar-refractivity contribution in [1.29, 1.82) is 0 Å². The summed E-state index contributed by atoms with van der Waals surface area (Å²) in [5.74, 6) is -3.51. The van der Waals surface area contributed by atoms with Crippen LogP contribution in [0, 0.1) is 0 Å². The van der Waals surface area contributed by atoms with Crippen LogP contribution in [0.15, 0.2) is 16.5 Å². The smallest absolute Gasteiger partial charge is 0.371 e. The van der Waals surface area contributed by atoms with Gasteiger partial charge in [-0.25, -0.2) is 4.79 Å². The summed E-state index contributed by atoms with van der Waals surface area (Å²) < 4.78 is 4.92. The van der Waals surface area contributed by atoms with Gasteiger partial charge in [0.15, 0.2) is 0 Å². The molecule has 0 spiro atoms. The number of rotatable bonds is 7. The molecule has 0 bridgehead atoms. The molecule has 1 aromatic heterocycles. The minimum Gasteiger partial charge on any atom is -0.481 e. The lowest BCUT2D eigenvalue weighted by atomic mass is 10.3. The summed E-state index contributed by atoms with van der Waals surface area (Å²) in [4.78, 5) is 31.7. The number of thioether (sulfide) groups is 1. The molecule has 0 saturated heterocycles. The fraction of sp³-hybridized carbons (Fsp3) is 0.300.